The van der Waals surface area contributed by atoms with Gasteiger partial charge in [-0.2, -0.15) is 0 Å². The Morgan fingerprint density at radius 3 is 2.25 bits per heavy atom. The Hall–Kier alpha value is -1.30. The zero-order chi connectivity index (χ0) is 15.4. The van der Waals surface area contributed by atoms with Gasteiger partial charge in [-0.05, 0) is 25.2 Å². The highest BCUT2D eigenvalue weighted by molar-refractivity contribution is 5.73. The highest BCUT2D eigenvalue weighted by atomic mass is 16.5. The Labute approximate surface area is 121 Å². The van der Waals surface area contributed by atoms with Crippen LogP contribution in [-0.4, -0.2) is 43.4 Å². The van der Waals surface area contributed by atoms with Crippen LogP contribution in [0.5, 0.6) is 0 Å². The van der Waals surface area contributed by atoms with Crippen molar-refractivity contribution in [1.82, 2.24) is 10.6 Å². The number of carbonyl (C=O) groups is 2. The standard InChI is InChI=1S/C14H28N2O4/c1-11(2)10-20-9-5-8-16-14(19)15-7-4-6-12(3)13(17)18/h11-12H,4-10H2,1-3H3,(H,17,18)(H2,15,16,19). The lowest BCUT2D eigenvalue weighted by Crippen LogP contribution is -2.37. The molecule has 118 valence electrons. The summed E-state index contributed by atoms with van der Waals surface area (Å²) >= 11 is 0. The lowest BCUT2D eigenvalue weighted by Gasteiger charge is -2.09. The summed E-state index contributed by atoms with van der Waals surface area (Å²) in [7, 11) is 0. The molecule has 0 saturated heterocycles. The van der Waals surface area contributed by atoms with Crippen LogP contribution >= 0.6 is 0 Å². The number of aliphatic carboxylic acids is 1. The summed E-state index contributed by atoms with van der Waals surface area (Å²) in [4.78, 5) is 22.0. The van der Waals surface area contributed by atoms with Crippen LogP contribution in [0.15, 0.2) is 0 Å². The van der Waals surface area contributed by atoms with Gasteiger partial charge in [0.25, 0.3) is 0 Å². The molecule has 0 bridgehead atoms. The van der Waals surface area contributed by atoms with Crippen LogP contribution in [0.25, 0.3) is 0 Å². The Morgan fingerprint density at radius 2 is 1.70 bits per heavy atom. The van der Waals surface area contributed by atoms with E-state index in [-0.39, 0.29) is 11.9 Å². The molecule has 0 aromatic carbocycles. The van der Waals surface area contributed by atoms with Crippen molar-refractivity contribution in [2.24, 2.45) is 11.8 Å². The Kier molecular flexibility index (Phi) is 10.8. The number of rotatable bonds is 11. The van der Waals surface area contributed by atoms with Gasteiger partial charge in [-0.1, -0.05) is 20.8 Å². The Morgan fingerprint density at radius 1 is 1.10 bits per heavy atom. The van der Waals surface area contributed by atoms with E-state index in [1.165, 1.54) is 0 Å². The average molecular weight is 288 g/mol. The lowest BCUT2D eigenvalue weighted by molar-refractivity contribution is -0.141. The molecule has 1 unspecified atom stereocenters. The number of urea groups is 1. The molecule has 0 aliphatic carbocycles. The predicted molar refractivity (Wildman–Crippen MR) is 77.7 cm³/mol. The first-order valence-corrected chi connectivity index (χ1v) is 7.25. The number of ether oxygens (including phenoxy) is 1. The fourth-order valence-corrected chi connectivity index (χ4v) is 1.49. The molecule has 0 fully saturated rings. The largest absolute Gasteiger partial charge is 0.481 e. The van der Waals surface area contributed by atoms with Gasteiger partial charge < -0.3 is 20.5 Å². The SMILES string of the molecule is CC(C)COCCCNC(=O)NCCCC(C)C(=O)O. The maximum atomic E-state index is 11.4. The van der Waals surface area contributed by atoms with Crippen molar-refractivity contribution in [3.05, 3.63) is 0 Å². The Balaban J connectivity index is 3.35. The maximum Gasteiger partial charge on any atom is 0.314 e. The van der Waals surface area contributed by atoms with E-state index in [4.69, 9.17) is 9.84 Å². The van der Waals surface area contributed by atoms with Crippen molar-refractivity contribution in [3.8, 4) is 0 Å². The number of nitrogens with one attached hydrogen (secondary N) is 2. The molecule has 0 aliphatic rings. The molecule has 6 heteroatoms. The van der Waals surface area contributed by atoms with E-state index >= 15 is 0 Å². The fourth-order valence-electron chi connectivity index (χ4n) is 1.49. The molecule has 3 N–H and O–H groups in total. The molecule has 0 radical (unpaired) electrons. The van der Waals surface area contributed by atoms with Gasteiger partial charge in [0.1, 0.15) is 0 Å². The summed E-state index contributed by atoms with van der Waals surface area (Å²) in [5.41, 5.74) is 0. The number of hydrogen-bond donors (Lipinski definition) is 3. The second-order valence-corrected chi connectivity index (χ2v) is 5.39. The van der Waals surface area contributed by atoms with E-state index in [0.29, 0.717) is 38.5 Å². The molecule has 0 aromatic heterocycles. The molecule has 0 rings (SSSR count). The van der Waals surface area contributed by atoms with E-state index in [2.05, 4.69) is 24.5 Å². The third-order valence-electron chi connectivity index (χ3n) is 2.72. The van der Waals surface area contributed by atoms with Crippen LogP contribution in [0.3, 0.4) is 0 Å². The van der Waals surface area contributed by atoms with Crippen molar-refractivity contribution in [3.63, 3.8) is 0 Å². The summed E-state index contributed by atoms with van der Waals surface area (Å²) in [6, 6.07) is -0.211. The summed E-state index contributed by atoms with van der Waals surface area (Å²) in [5.74, 6) is -0.631. The lowest BCUT2D eigenvalue weighted by atomic mass is 10.1. The second-order valence-electron chi connectivity index (χ2n) is 5.39. The first kappa shape index (κ1) is 18.7. The van der Waals surface area contributed by atoms with E-state index in [1.54, 1.807) is 6.92 Å². The third kappa shape index (κ3) is 11.8. The first-order valence-electron chi connectivity index (χ1n) is 7.25. The molecule has 0 heterocycles. The predicted octanol–water partition coefficient (Wildman–Crippen LogP) is 1.85. The van der Waals surface area contributed by atoms with Crippen LogP contribution in [0, 0.1) is 11.8 Å². The molecular weight excluding hydrogens is 260 g/mol. The van der Waals surface area contributed by atoms with Crippen LogP contribution < -0.4 is 10.6 Å². The van der Waals surface area contributed by atoms with Crippen LogP contribution in [-0.2, 0) is 9.53 Å². The number of carboxylic acid groups (broad SMARTS) is 1. The van der Waals surface area contributed by atoms with E-state index in [9.17, 15) is 9.59 Å². The highest BCUT2D eigenvalue weighted by Crippen LogP contribution is 2.03. The number of amides is 2. The van der Waals surface area contributed by atoms with E-state index < -0.39 is 5.97 Å². The van der Waals surface area contributed by atoms with Gasteiger partial charge in [0.2, 0.25) is 0 Å². The summed E-state index contributed by atoms with van der Waals surface area (Å²) in [5, 5.41) is 14.1. The first-order chi connectivity index (χ1) is 9.43. The van der Waals surface area contributed by atoms with Gasteiger partial charge >= 0.3 is 12.0 Å². The molecule has 0 saturated carbocycles. The van der Waals surface area contributed by atoms with Crippen LogP contribution in [0.1, 0.15) is 40.0 Å². The van der Waals surface area contributed by atoms with Gasteiger partial charge in [-0.3, -0.25) is 4.79 Å². The average Bonchev–Trinajstić information content (AvgIpc) is 2.37. The normalized spacial score (nSPS) is 12.2. The summed E-state index contributed by atoms with van der Waals surface area (Å²) in [6.45, 7) is 8.32. The van der Waals surface area contributed by atoms with Crippen LogP contribution in [0.4, 0.5) is 4.79 Å². The van der Waals surface area contributed by atoms with Gasteiger partial charge in [0.05, 0.1) is 5.92 Å². The summed E-state index contributed by atoms with van der Waals surface area (Å²) in [6.07, 6.45) is 2.02. The monoisotopic (exact) mass is 288 g/mol. The fraction of sp³-hybridized carbons (Fsp3) is 0.857. The highest BCUT2D eigenvalue weighted by Gasteiger charge is 2.09. The van der Waals surface area contributed by atoms with E-state index in [0.717, 1.165) is 13.0 Å². The number of carboxylic acids is 1. The minimum Gasteiger partial charge on any atom is -0.481 e. The number of carbonyl (C=O) groups excluding carboxylic acids is 1. The van der Waals surface area contributed by atoms with Gasteiger partial charge in [0.15, 0.2) is 0 Å². The molecule has 1 atom stereocenters. The number of hydrogen-bond acceptors (Lipinski definition) is 3. The van der Waals surface area contributed by atoms with Crippen LogP contribution in [0.2, 0.25) is 0 Å². The smallest absolute Gasteiger partial charge is 0.314 e. The van der Waals surface area contributed by atoms with Crippen molar-refractivity contribution >= 4 is 12.0 Å². The molecule has 0 aromatic rings. The molecule has 0 spiro atoms. The molecule has 2 amide bonds. The van der Waals surface area contributed by atoms with Gasteiger partial charge in [-0.15, -0.1) is 0 Å². The second kappa shape index (κ2) is 11.5. The molecular formula is C14H28N2O4. The maximum absolute atomic E-state index is 11.4. The van der Waals surface area contributed by atoms with Crippen molar-refractivity contribution in [2.45, 2.75) is 40.0 Å². The summed E-state index contributed by atoms with van der Waals surface area (Å²) < 4.78 is 5.40. The van der Waals surface area contributed by atoms with Gasteiger partial charge in [0, 0.05) is 26.3 Å². The minimum absolute atomic E-state index is 0.211. The molecule has 0 aliphatic heterocycles. The van der Waals surface area contributed by atoms with Crippen molar-refractivity contribution < 1.29 is 19.4 Å². The van der Waals surface area contributed by atoms with Gasteiger partial charge in [-0.25, -0.2) is 4.79 Å². The van der Waals surface area contributed by atoms with E-state index in [1.807, 2.05) is 0 Å². The third-order valence-corrected chi connectivity index (χ3v) is 2.72. The zero-order valence-electron chi connectivity index (χ0n) is 12.8. The van der Waals surface area contributed by atoms with Crippen molar-refractivity contribution in [1.29, 1.82) is 0 Å². The molecule has 20 heavy (non-hydrogen) atoms. The topological polar surface area (TPSA) is 87.7 Å². The Bertz CT molecular complexity index is 282. The minimum atomic E-state index is -0.796. The van der Waals surface area contributed by atoms with Crippen molar-refractivity contribution in [2.75, 3.05) is 26.3 Å². The quantitative estimate of drug-likeness (QED) is 0.506. The zero-order valence-corrected chi connectivity index (χ0v) is 12.8. The molecule has 6 nitrogen and oxygen atoms in total.